The van der Waals surface area contributed by atoms with Gasteiger partial charge in [-0.2, -0.15) is 0 Å². The van der Waals surface area contributed by atoms with Crippen molar-refractivity contribution in [1.29, 1.82) is 0 Å². The predicted octanol–water partition coefficient (Wildman–Crippen LogP) is 5.92. The van der Waals surface area contributed by atoms with Crippen LogP contribution >= 0.6 is 11.8 Å². The Bertz CT molecular complexity index is 1620. The van der Waals surface area contributed by atoms with E-state index in [1.54, 1.807) is 24.3 Å². The third-order valence-electron chi connectivity index (χ3n) is 8.03. The van der Waals surface area contributed by atoms with E-state index in [4.69, 9.17) is 15.0 Å². The van der Waals surface area contributed by atoms with E-state index in [0.29, 0.717) is 35.7 Å². The molecule has 3 amide bonds. The monoisotopic (exact) mass is 658 g/mol. The van der Waals surface area contributed by atoms with Crippen LogP contribution in [0.1, 0.15) is 41.9 Å². The van der Waals surface area contributed by atoms with Crippen LogP contribution in [0.4, 0.5) is 15.3 Å². The van der Waals surface area contributed by atoms with Crippen LogP contribution in [-0.4, -0.2) is 70.9 Å². The molecular weight excluding hydrogens is 624 g/mol. The number of ether oxygens (including phenoxy) is 2. The summed E-state index contributed by atoms with van der Waals surface area (Å²) in [5, 5.41) is 18.4. The Morgan fingerprint density at radius 3 is 2.32 bits per heavy atom. The number of carbonyl (C=O) groups is 4. The van der Waals surface area contributed by atoms with Gasteiger partial charge >= 0.3 is 18.2 Å². The van der Waals surface area contributed by atoms with E-state index in [2.05, 4.69) is 20.7 Å². The van der Waals surface area contributed by atoms with Crippen LogP contribution in [0.3, 0.4) is 0 Å². The predicted molar refractivity (Wildman–Crippen MR) is 175 cm³/mol. The Labute approximate surface area is 275 Å². The summed E-state index contributed by atoms with van der Waals surface area (Å²) < 4.78 is 10.9. The first kappa shape index (κ1) is 33.2. The minimum atomic E-state index is -1.17. The number of nitrogens with zero attached hydrogens (tertiary/aromatic N) is 4. The van der Waals surface area contributed by atoms with Gasteiger partial charge in [0, 0.05) is 28.8 Å². The van der Waals surface area contributed by atoms with Crippen molar-refractivity contribution in [1.82, 2.24) is 15.5 Å². The number of azide groups is 1. The van der Waals surface area contributed by atoms with Crippen LogP contribution in [0.5, 0.6) is 0 Å². The number of alkyl carbamates (subject to hydrolysis) is 1. The van der Waals surface area contributed by atoms with Crippen LogP contribution in [0.25, 0.3) is 21.6 Å². The van der Waals surface area contributed by atoms with Gasteiger partial charge in [-0.05, 0) is 52.6 Å². The molecule has 3 aromatic carbocycles. The van der Waals surface area contributed by atoms with Crippen molar-refractivity contribution >= 4 is 41.5 Å². The zero-order valence-corrected chi connectivity index (χ0v) is 26.2. The van der Waals surface area contributed by atoms with Crippen molar-refractivity contribution in [3.8, 4) is 11.1 Å². The molecule has 47 heavy (non-hydrogen) atoms. The summed E-state index contributed by atoms with van der Waals surface area (Å²) in [4.78, 5) is 54.1. The lowest BCUT2D eigenvalue weighted by atomic mass is 9.98. The Morgan fingerprint density at radius 1 is 0.979 bits per heavy atom. The van der Waals surface area contributed by atoms with Gasteiger partial charge in [0.25, 0.3) is 0 Å². The molecule has 5 rings (SSSR count). The number of carboxylic acids is 1. The number of nitrogens with one attached hydrogen (secondary N) is 2. The minimum absolute atomic E-state index is 0.000293. The van der Waals surface area contributed by atoms with Crippen LogP contribution in [-0.2, 0) is 25.7 Å². The molecule has 3 N–H and O–H groups in total. The fourth-order valence-corrected chi connectivity index (χ4v) is 6.76. The van der Waals surface area contributed by atoms with E-state index >= 15 is 0 Å². The first-order valence-corrected chi connectivity index (χ1v) is 16.3. The second-order valence-electron chi connectivity index (χ2n) is 11.0. The molecule has 1 unspecified atom stereocenters. The molecule has 0 spiro atoms. The van der Waals surface area contributed by atoms with Crippen LogP contribution < -0.4 is 10.6 Å². The van der Waals surface area contributed by atoms with Gasteiger partial charge in [0.2, 0.25) is 5.91 Å². The maximum atomic E-state index is 12.8. The SMILES string of the molecule is [N-]=[N+]=Nc1ccc(COC(=O)N2CSC[C@H]2C(=O)NCCCCC(NC(=O)OCC2c3ccccc3-c3ccccc32)C(=O)O)cc1. The molecule has 14 heteroatoms. The highest BCUT2D eigenvalue weighted by Gasteiger charge is 2.35. The standard InChI is InChI=1S/C33H34N6O7S/c34-38-37-22-14-12-21(13-15-22)17-46-33(44)39-20-47-19-29(39)30(40)35-16-6-5-11-28(31(41)42)36-32(43)45-18-27-25-9-3-1-7-23(25)24-8-2-4-10-26(24)27/h1-4,7-10,12-15,27-29H,5-6,11,16-20H2,(H,35,40)(H,36,43)(H,41,42)/t28?,29-/m0/s1. The normalized spacial score (nSPS) is 15.5. The van der Waals surface area contributed by atoms with Crippen molar-refractivity contribution < 1.29 is 33.8 Å². The van der Waals surface area contributed by atoms with Crippen molar-refractivity contribution in [3.63, 3.8) is 0 Å². The van der Waals surface area contributed by atoms with Gasteiger partial charge < -0.3 is 25.2 Å². The quantitative estimate of drug-likeness (QED) is 0.0875. The number of carbonyl (C=O) groups excluding carboxylic acids is 3. The molecule has 0 radical (unpaired) electrons. The first-order chi connectivity index (χ1) is 22.9. The van der Waals surface area contributed by atoms with Crippen molar-refractivity contribution in [2.75, 3.05) is 24.8 Å². The Balaban J connectivity index is 1.02. The Hall–Kier alpha value is -5.20. The van der Waals surface area contributed by atoms with E-state index in [1.807, 2.05) is 48.5 Å². The Kier molecular flexibility index (Phi) is 11.2. The topological polar surface area (TPSA) is 183 Å². The van der Waals surface area contributed by atoms with E-state index in [0.717, 1.165) is 22.3 Å². The molecule has 1 aliphatic carbocycles. The molecule has 0 aromatic heterocycles. The number of thioether (sulfide) groups is 1. The fraction of sp³-hybridized carbons (Fsp3) is 0.333. The number of fused-ring (bicyclic) bond motifs is 3. The fourth-order valence-electron chi connectivity index (χ4n) is 5.62. The number of hydrogen-bond acceptors (Lipinski definition) is 8. The molecule has 1 heterocycles. The van der Waals surface area contributed by atoms with Gasteiger partial charge in [-0.1, -0.05) is 77.9 Å². The van der Waals surface area contributed by atoms with Gasteiger partial charge in [0.15, 0.2) is 0 Å². The average Bonchev–Trinajstić information content (AvgIpc) is 3.70. The minimum Gasteiger partial charge on any atom is -0.480 e. The van der Waals surface area contributed by atoms with Crippen LogP contribution in [0.2, 0.25) is 0 Å². The zero-order chi connectivity index (χ0) is 33.2. The highest BCUT2D eigenvalue weighted by atomic mass is 32.2. The molecule has 13 nitrogen and oxygen atoms in total. The summed E-state index contributed by atoms with van der Waals surface area (Å²) >= 11 is 1.44. The molecule has 244 valence electrons. The van der Waals surface area contributed by atoms with Crippen LogP contribution in [0, 0.1) is 0 Å². The highest BCUT2D eigenvalue weighted by molar-refractivity contribution is 7.99. The lowest BCUT2D eigenvalue weighted by molar-refractivity contribution is -0.139. The lowest BCUT2D eigenvalue weighted by Crippen LogP contribution is -2.47. The molecule has 1 saturated heterocycles. The van der Waals surface area contributed by atoms with Gasteiger partial charge in [-0.3, -0.25) is 9.69 Å². The summed E-state index contributed by atoms with van der Waals surface area (Å²) in [7, 11) is 0. The summed E-state index contributed by atoms with van der Waals surface area (Å²) in [5.74, 6) is -0.898. The number of rotatable bonds is 13. The number of aliphatic carboxylic acids is 1. The number of benzene rings is 3. The summed E-state index contributed by atoms with van der Waals surface area (Å²) in [6, 6.07) is 20.6. The third kappa shape index (κ3) is 8.34. The molecule has 2 aliphatic rings. The average molecular weight is 659 g/mol. The van der Waals surface area contributed by atoms with E-state index in [9.17, 15) is 24.3 Å². The summed E-state index contributed by atoms with van der Waals surface area (Å²) in [5.41, 5.74) is 14.0. The lowest BCUT2D eigenvalue weighted by Gasteiger charge is -2.22. The molecule has 0 saturated carbocycles. The zero-order valence-electron chi connectivity index (χ0n) is 25.4. The second-order valence-corrected chi connectivity index (χ2v) is 12.0. The van der Waals surface area contributed by atoms with Gasteiger partial charge in [0.05, 0.1) is 5.88 Å². The van der Waals surface area contributed by atoms with Crippen LogP contribution in [0.15, 0.2) is 77.9 Å². The molecule has 0 bridgehead atoms. The van der Waals surface area contributed by atoms with Gasteiger partial charge in [-0.15, -0.1) is 11.8 Å². The summed E-state index contributed by atoms with van der Waals surface area (Å²) in [6.45, 7) is 0.353. The van der Waals surface area contributed by atoms with E-state index in [1.165, 1.54) is 16.7 Å². The third-order valence-corrected chi connectivity index (χ3v) is 9.04. The van der Waals surface area contributed by atoms with Crippen molar-refractivity contribution in [3.05, 3.63) is 99.9 Å². The smallest absolute Gasteiger partial charge is 0.411 e. The number of amides is 3. The molecule has 1 fully saturated rings. The first-order valence-electron chi connectivity index (χ1n) is 15.1. The molecule has 2 atom stereocenters. The van der Waals surface area contributed by atoms with E-state index < -0.39 is 30.2 Å². The number of unbranched alkanes of at least 4 members (excludes halogenated alkanes) is 1. The summed E-state index contributed by atoms with van der Waals surface area (Å²) in [6.07, 6.45) is -0.374. The highest BCUT2D eigenvalue weighted by Crippen LogP contribution is 2.44. The molecular formula is C33H34N6O7S. The number of hydrogen-bond donors (Lipinski definition) is 3. The second kappa shape index (κ2) is 15.9. The van der Waals surface area contributed by atoms with Crippen molar-refractivity contribution in [2.24, 2.45) is 5.11 Å². The molecule has 3 aromatic rings. The van der Waals surface area contributed by atoms with Gasteiger partial charge in [-0.25, -0.2) is 14.4 Å². The van der Waals surface area contributed by atoms with E-state index in [-0.39, 0.29) is 38.0 Å². The largest absolute Gasteiger partial charge is 0.480 e. The Morgan fingerprint density at radius 2 is 1.66 bits per heavy atom. The maximum Gasteiger partial charge on any atom is 0.411 e. The molecule has 1 aliphatic heterocycles. The van der Waals surface area contributed by atoms with Gasteiger partial charge in [0.1, 0.15) is 25.3 Å². The maximum absolute atomic E-state index is 12.8. The van der Waals surface area contributed by atoms with Crippen molar-refractivity contribution in [2.45, 2.75) is 43.9 Å². The number of carboxylic acid groups (broad SMARTS) is 1.